The van der Waals surface area contributed by atoms with Gasteiger partial charge in [0, 0.05) is 11.6 Å². The zero-order valence-electron chi connectivity index (χ0n) is 11.5. The van der Waals surface area contributed by atoms with Crippen molar-refractivity contribution in [2.75, 3.05) is 13.7 Å². The summed E-state index contributed by atoms with van der Waals surface area (Å²) in [7, 11) is 1.75. The summed E-state index contributed by atoms with van der Waals surface area (Å²) in [6.45, 7) is 2.43. The lowest BCUT2D eigenvalue weighted by atomic mass is 9.97. The van der Waals surface area contributed by atoms with Crippen molar-refractivity contribution in [3.8, 4) is 5.75 Å². The number of benzene rings is 2. The van der Waals surface area contributed by atoms with E-state index in [1.54, 1.807) is 7.05 Å². The number of ether oxygens (including phenoxy) is 1. The van der Waals surface area contributed by atoms with E-state index in [2.05, 4.69) is 5.32 Å². The van der Waals surface area contributed by atoms with Crippen molar-refractivity contribution in [2.45, 2.75) is 13.0 Å². The summed E-state index contributed by atoms with van der Waals surface area (Å²) in [5.41, 5.74) is 1.37. The number of hydrogen-bond donors (Lipinski definition) is 1. The first-order valence-electron chi connectivity index (χ1n) is 6.50. The Balaban J connectivity index is 2.46. The maximum atomic E-state index is 13.4. The highest BCUT2D eigenvalue weighted by Gasteiger charge is 2.17. The van der Waals surface area contributed by atoms with Gasteiger partial charge in [0.15, 0.2) is 0 Å². The predicted octanol–water partition coefficient (Wildman–Crippen LogP) is 3.67. The van der Waals surface area contributed by atoms with Gasteiger partial charge in [0.2, 0.25) is 0 Å². The number of halogens is 2. The normalized spacial score (nSPS) is 12.2. The van der Waals surface area contributed by atoms with Crippen molar-refractivity contribution >= 4 is 0 Å². The molecule has 0 heterocycles. The van der Waals surface area contributed by atoms with Gasteiger partial charge in [-0.2, -0.15) is 0 Å². The molecule has 0 saturated carbocycles. The zero-order valence-corrected chi connectivity index (χ0v) is 11.5. The Labute approximate surface area is 117 Å². The number of nitrogens with one attached hydrogen (secondary N) is 1. The molecule has 1 atom stereocenters. The maximum absolute atomic E-state index is 13.4. The van der Waals surface area contributed by atoms with Crippen LogP contribution in [-0.4, -0.2) is 13.7 Å². The maximum Gasteiger partial charge on any atom is 0.126 e. The van der Waals surface area contributed by atoms with Crippen LogP contribution in [-0.2, 0) is 0 Å². The van der Waals surface area contributed by atoms with Gasteiger partial charge in [-0.05, 0) is 37.7 Å². The minimum Gasteiger partial charge on any atom is -0.494 e. The fourth-order valence-corrected chi connectivity index (χ4v) is 2.25. The molecule has 2 aromatic rings. The van der Waals surface area contributed by atoms with Gasteiger partial charge in [0.05, 0.1) is 12.6 Å². The first kappa shape index (κ1) is 14.5. The van der Waals surface area contributed by atoms with Crippen LogP contribution in [0.2, 0.25) is 0 Å². The third-order valence-electron chi connectivity index (χ3n) is 3.04. The van der Waals surface area contributed by atoms with Crippen LogP contribution in [0.1, 0.15) is 24.1 Å². The van der Waals surface area contributed by atoms with Crippen LogP contribution in [0.15, 0.2) is 42.5 Å². The summed E-state index contributed by atoms with van der Waals surface area (Å²) in [4.78, 5) is 0. The molecule has 0 bridgehead atoms. The van der Waals surface area contributed by atoms with E-state index in [1.165, 1.54) is 12.1 Å². The van der Waals surface area contributed by atoms with Crippen LogP contribution in [0.3, 0.4) is 0 Å². The molecule has 2 rings (SSSR count). The highest BCUT2D eigenvalue weighted by molar-refractivity contribution is 5.41. The van der Waals surface area contributed by atoms with E-state index < -0.39 is 11.6 Å². The van der Waals surface area contributed by atoms with E-state index in [0.29, 0.717) is 17.9 Å². The van der Waals surface area contributed by atoms with E-state index in [1.807, 2.05) is 31.2 Å². The first-order valence-corrected chi connectivity index (χ1v) is 6.50. The SMILES string of the molecule is CCOc1ccccc1C(NC)c1cc(F)cc(F)c1. The minimum atomic E-state index is -0.589. The molecule has 0 spiro atoms. The zero-order chi connectivity index (χ0) is 14.5. The number of hydrogen-bond acceptors (Lipinski definition) is 2. The van der Waals surface area contributed by atoms with E-state index >= 15 is 0 Å². The number of rotatable bonds is 5. The van der Waals surface area contributed by atoms with Crippen molar-refractivity contribution in [2.24, 2.45) is 0 Å². The van der Waals surface area contributed by atoms with E-state index in [0.717, 1.165) is 11.6 Å². The molecule has 0 aliphatic rings. The molecule has 0 amide bonds. The molecule has 1 unspecified atom stereocenters. The van der Waals surface area contributed by atoms with Gasteiger partial charge in [-0.15, -0.1) is 0 Å². The standard InChI is InChI=1S/C16H17F2NO/c1-3-20-15-7-5-4-6-14(15)16(19-2)11-8-12(17)10-13(18)9-11/h4-10,16,19H,3H2,1-2H3. The molecule has 4 heteroatoms. The molecule has 0 radical (unpaired) electrons. The largest absolute Gasteiger partial charge is 0.494 e. The summed E-state index contributed by atoms with van der Waals surface area (Å²) in [6.07, 6.45) is 0. The molecule has 20 heavy (non-hydrogen) atoms. The molecule has 0 aliphatic carbocycles. The van der Waals surface area contributed by atoms with Crippen LogP contribution in [0.4, 0.5) is 8.78 Å². The second-order valence-corrected chi connectivity index (χ2v) is 4.40. The van der Waals surface area contributed by atoms with Crippen molar-refractivity contribution < 1.29 is 13.5 Å². The summed E-state index contributed by atoms with van der Waals surface area (Å²) in [5.74, 6) is -0.470. The average Bonchev–Trinajstić information content (AvgIpc) is 2.41. The van der Waals surface area contributed by atoms with Gasteiger partial charge in [-0.1, -0.05) is 18.2 Å². The minimum absolute atomic E-state index is 0.331. The van der Waals surface area contributed by atoms with Crippen LogP contribution in [0, 0.1) is 11.6 Å². The molecule has 0 aromatic heterocycles. The Bertz CT molecular complexity index is 566. The Hall–Kier alpha value is -1.94. The van der Waals surface area contributed by atoms with Crippen LogP contribution in [0.25, 0.3) is 0 Å². The summed E-state index contributed by atoms with van der Waals surface area (Å²) in [5, 5.41) is 3.07. The third-order valence-corrected chi connectivity index (χ3v) is 3.04. The van der Waals surface area contributed by atoms with E-state index in [4.69, 9.17) is 4.74 Å². The van der Waals surface area contributed by atoms with Gasteiger partial charge in [-0.25, -0.2) is 8.78 Å². The Morgan fingerprint density at radius 2 is 1.75 bits per heavy atom. The molecule has 2 nitrogen and oxygen atoms in total. The lowest BCUT2D eigenvalue weighted by molar-refractivity contribution is 0.334. The van der Waals surface area contributed by atoms with Crippen molar-refractivity contribution in [3.05, 3.63) is 65.2 Å². The van der Waals surface area contributed by atoms with Gasteiger partial charge < -0.3 is 10.1 Å². The Morgan fingerprint density at radius 1 is 1.10 bits per heavy atom. The lowest BCUT2D eigenvalue weighted by Crippen LogP contribution is -2.19. The molecule has 0 aliphatic heterocycles. The molecule has 2 aromatic carbocycles. The van der Waals surface area contributed by atoms with Crippen LogP contribution < -0.4 is 10.1 Å². The quantitative estimate of drug-likeness (QED) is 0.900. The average molecular weight is 277 g/mol. The fraction of sp³-hybridized carbons (Fsp3) is 0.250. The fourth-order valence-electron chi connectivity index (χ4n) is 2.25. The van der Waals surface area contributed by atoms with Crippen molar-refractivity contribution in [1.82, 2.24) is 5.32 Å². The van der Waals surface area contributed by atoms with E-state index in [-0.39, 0.29) is 6.04 Å². The molecular formula is C16H17F2NO. The van der Waals surface area contributed by atoms with Gasteiger partial charge in [0.25, 0.3) is 0 Å². The smallest absolute Gasteiger partial charge is 0.126 e. The molecule has 1 N–H and O–H groups in total. The third kappa shape index (κ3) is 3.14. The van der Waals surface area contributed by atoms with Gasteiger partial charge in [-0.3, -0.25) is 0 Å². The summed E-state index contributed by atoms with van der Waals surface area (Å²) < 4.78 is 32.4. The van der Waals surface area contributed by atoms with Crippen molar-refractivity contribution in [1.29, 1.82) is 0 Å². The highest BCUT2D eigenvalue weighted by Crippen LogP contribution is 2.30. The second-order valence-electron chi connectivity index (χ2n) is 4.40. The summed E-state index contributed by atoms with van der Waals surface area (Å²) >= 11 is 0. The van der Waals surface area contributed by atoms with Gasteiger partial charge in [0.1, 0.15) is 17.4 Å². The van der Waals surface area contributed by atoms with Gasteiger partial charge >= 0.3 is 0 Å². The first-order chi connectivity index (χ1) is 9.65. The summed E-state index contributed by atoms with van der Waals surface area (Å²) in [6, 6.07) is 10.7. The van der Waals surface area contributed by atoms with Crippen LogP contribution in [0.5, 0.6) is 5.75 Å². The monoisotopic (exact) mass is 277 g/mol. The number of para-hydroxylation sites is 1. The molecule has 0 fully saturated rings. The predicted molar refractivity (Wildman–Crippen MR) is 74.9 cm³/mol. The second kappa shape index (κ2) is 6.48. The lowest BCUT2D eigenvalue weighted by Gasteiger charge is -2.20. The highest BCUT2D eigenvalue weighted by atomic mass is 19.1. The molecule has 0 saturated heterocycles. The topological polar surface area (TPSA) is 21.3 Å². The Morgan fingerprint density at radius 3 is 2.35 bits per heavy atom. The van der Waals surface area contributed by atoms with E-state index in [9.17, 15) is 8.78 Å². The molecule has 106 valence electrons. The molecular weight excluding hydrogens is 260 g/mol. The van der Waals surface area contributed by atoms with Crippen molar-refractivity contribution in [3.63, 3.8) is 0 Å². The Kier molecular flexibility index (Phi) is 4.69. The van der Waals surface area contributed by atoms with Crippen LogP contribution >= 0.6 is 0 Å².